The lowest BCUT2D eigenvalue weighted by Crippen LogP contribution is -1.99. The zero-order valence-electron chi connectivity index (χ0n) is 24.6. The highest BCUT2D eigenvalue weighted by Crippen LogP contribution is 2.44. The second-order valence-corrected chi connectivity index (χ2v) is 12.1. The molecule has 10 rings (SSSR count). The SMILES string of the molecule is c1ccc(-c2ccc3c(c2)c2ccccc2n3-c2cccc3c2Cc2ccc(-n4c5ccccc5c5ccccc54)cc2-3)cc1. The highest BCUT2D eigenvalue weighted by Gasteiger charge is 2.25. The van der Waals surface area contributed by atoms with Gasteiger partial charge < -0.3 is 9.13 Å². The van der Waals surface area contributed by atoms with Crippen molar-refractivity contribution in [2.45, 2.75) is 6.42 Å². The van der Waals surface area contributed by atoms with E-state index in [1.165, 1.54) is 88.4 Å². The maximum Gasteiger partial charge on any atom is 0.0541 e. The van der Waals surface area contributed by atoms with Crippen LogP contribution in [0.15, 0.2) is 158 Å². The lowest BCUT2D eigenvalue weighted by molar-refractivity contribution is 1.12. The van der Waals surface area contributed by atoms with E-state index in [1.807, 2.05) is 0 Å². The predicted molar refractivity (Wildman–Crippen MR) is 189 cm³/mol. The molecule has 0 radical (unpaired) electrons. The van der Waals surface area contributed by atoms with Gasteiger partial charge in [-0.2, -0.15) is 0 Å². The molecule has 7 aromatic carbocycles. The molecule has 210 valence electrons. The van der Waals surface area contributed by atoms with E-state index in [4.69, 9.17) is 0 Å². The highest BCUT2D eigenvalue weighted by molar-refractivity contribution is 6.11. The van der Waals surface area contributed by atoms with E-state index < -0.39 is 0 Å². The van der Waals surface area contributed by atoms with Crippen LogP contribution in [0.2, 0.25) is 0 Å². The normalized spacial score (nSPS) is 12.4. The Kier molecular flexibility index (Phi) is 5.09. The summed E-state index contributed by atoms with van der Waals surface area (Å²) in [5, 5.41) is 5.15. The van der Waals surface area contributed by atoms with Crippen molar-refractivity contribution in [1.82, 2.24) is 9.13 Å². The monoisotopic (exact) mass is 572 g/mol. The summed E-state index contributed by atoms with van der Waals surface area (Å²) in [6, 6.07) is 57.8. The number of nitrogens with zero attached hydrogens (tertiary/aromatic N) is 2. The molecule has 0 unspecified atom stereocenters. The summed E-state index contributed by atoms with van der Waals surface area (Å²) in [5.41, 5.74) is 15.4. The maximum absolute atomic E-state index is 2.48. The van der Waals surface area contributed by atoms with Gasteiger partial charge in [-0.05, 0) is 81.9 Å². The molecule has 0 bridgehead atoms. The second-order valence-electron chi connectivity index (χ2n) is 12.1. The zero-order valence-corrected chi connectivity index (χ0v) is 24.6. The molecule has 2 heterocycles. The minimum atomic E-state index is 0.921. The second kappa shape index (κ2) is 9.32. The van der Waals surface area contributed by atoms with Crippen LogP contribution in [0.3, 0.4) is 0 Å². The molecular formula is C43H28N2. The summed E-state index contributed by atoms with van der Waals surface area (Å²) >= 11 is 0. The van der Waals surface area contributed by atoms with Crippen molar-refractivity contribution in [2.75, 3.05) is 0 Å². The van der Waals surface area contributed by atoms with Crippen LogP contribution in [0, 0.1) is 0 Å². The molecule has 0 spiro atoms. The van der Waals surface area contributed by atoms with Gasteiger partial charge >= 0.3 is 0 Å². The van der Waals surface area contributed by atoms with Gasteiger partial charge in [0.15, 0.2) is 0 Å². The fraction of sp³-hybridized carbons (Fsp3) is 0.0233. The third-order valence-electron chi connectivity index (χ3n) is 9.76. The maximum atomic E-state index is 2.48. The minimum Gasteiger partial charge on any atom is -0.309 e. The number of para-hydroxylation sites is 3. The summed E-state index contributed by atoms with van der Waals surface area (Å²) in [6.07, 6.45) is 0.921. The van der Waals surface area contributed by atoms with Crippen molar-refractivity contribution in [3.8, 4) is 33.6 Å². The standard InChI is InChI=1S/C43H28N2/c1-2-11-28(12-3-1)29-22-24-43-38(25-29)35-15-6-9-19-41(35)45(43)42-20-10-16-32-36-27-31(23-21-30(36)26-37(32)42)44-39-17-7-4-13-33(39)34-14-5-8-18-40(34)44/h1-25,27H,26H2. The topological polar surface area (TPSA) is 9.86 Å². The van der Waals surface area contributed by atoms with Crippen LogP contribution in [0.4, 0.5) is 0 Å². The van der Waals surface area contributed by atoms with Crippen LogP contribution in [0.1, 0.15) is 11.1 Å². The van der Waals surface area contributed by atoms with Crippen LogP contribution in [0.25, 0.3) is 77.2 Å². The van der Waals surface area contributed by atoms with Crippen LogP contribution >= 0.6 is 0 Å². The van der Waals surface area contributed by atoms with Gasteiger partial charge in [-0.1, -0.05) is 109 Å². The largest absolute Gasteiger partial charge is 0.309 e. The molecule has 45 heavy (non-hydrogen) atoms. The molecule has 0 atom stereocenters. The number of benzene rings is 7. The molecule has 0 saturated carbocycles. The smallest absolute Gasteiger partial charge is 0.0541 e. The van der Waals surface area contributed by atoms with Crippen LogP contribution in [0.5, 0.6) is 0 Å². The summed E-state index contributed by atoms with van der Waals surface area (Å²) in [4.78, 5) is 0. The minimum absolute atomic E-state index is 0.921. The van der Waals surface area contributed by atoms with Crippen LogP contribution in [-0.4, -0.2) is 9.13 Å². The first-order valence-electron chi connectivity index (χ1n) is 15.7. The third kappa shape index (κ3) is 3.51. The Morgan fingerprint density at radius 1 is 0.378 bits per heavy atom. The molecule has 0 aliphatic heterocycles. The number of fused-ring (bicyclic) bond motifs is 9. The Balaban J connectivity index is 1.17. The van der Waals surface area contributed by atoms with Crippen LogP contribution < -0.4 is 0 Å². The van der Waals surface area contributed by atoms with E-state index in [9.17, 15) is 0 Å². The first-order valence-corrected chi connectivity index (χ1v) is 15.7. The van der Waals surface area contributed by atoms with E-state index in [1.54, 1.807) is 0 Å². The molecular weight excluding hydrogens is 544 g/mol. The van der Waals surface area contributed by atoms with Crippen molar-refractivity contribution in [3.63, 3.8) is 0 Å². The van der Waals surface area contributed by atoms with E-state index in [-0.39, 0.29) is 0 Å². The first-order chi connectivity index (χ1) is 22.3. The van der Waals surface area contributed by atoms with Crippen LogP contribution in [-0.2, 0) is 6.42 Å². The number of aromatic nitrogens is 2. The molecule has 2 heteroatoms. The van der Waals surface area contributed by atoms with Gasteiger partial charge in [0.25, 0.3) is 0 Å². The molecule has 0 fully saturated rings. The Hall–Kier alpha value is -5.86. The Labute approximate surface area is 261 Å². The zero-order chi connectivity index (χ0) is 29.5. The lowest BCUT2D eigenvalue weighted by atomic mass is 10.0. The molecule has 2 aromatic heterocycles. The molecule has 1 aliphatic rings. The van der Waals surface area contributed by atoms with Gasteiger partial charge in [-0.25, -0.2) is 0 Å². The van der Waals surface area contributed by atoms with Gasteiger partial charge in [0, 0.05) is 33.7 Å². The summed E-state index contributed by atoms with van der Waals surface area (Å²) in [6.45, 7) is 0. The molecule has 0 amide bonds. The van der Waals surface area contributed by atoms with Gasteiger partial charge in [-0.15, -0.1) is 0 Å². The van der Waals surface area contributed by atoms with Crippen molar-refractivity contribution in [1.29, 1.82) is 0 Å². The number of hydrogen-bond donors (Lipinski definition) is 0. The highest BCUT2D eigenvalue weighted by atomic mass is 15.0. The number of rotatable bonds is 3. The van der Waals surface area contributed by atoms with Crippen molar-refractivity contribution in [3.05, 3.63) is 169 Å². The molecule has 2 nitrogen and oxygen atoms in total. The first kappa shape index (κ1) is 24.6. The third-order valence-corrected chi connectivity index (χ3v) is 9.76. The lowest BCUT2D eigenvalue weighted by Gasteiger charge is -2.13. The predicted octanol–water partition coefficient (Wildman–Crippen LogP) is 11.1. The fourth-order valence-electron chi connectivity index (χ4n) is 7.76. The molecule has 1 aliphatic carbocycles. The van der Waals surface area contributed by atoms with E-state index >= 15 is 0 Å². The molecule has 0 N–H and O–H groups in total. The fourth-order valence-corrected chi connectivity index (χ4v) is 7.76. The van der Waals surface area contributed by atoms with Gasteiger partial charge in [-0.3, -0.25) is 0 Å². The molecule has 9 aromatic rings. The number of hydrogen-bond acceptors (Lipinski definition) is 0. The molecule has 0 saturated heterocycles. The quantitative estimate of drug-likeness (QED) is 0.199. The summed E-state index contributed by atoms with van der Waals surface area (Å²) < 4.78 is 4.90. The Morgan fingerprint density at radius 3 is 1.73 bits per heavy atom. The van der Waals surface area contributed by atoms with E-state index in [2.05, 4.69) is 167 Å². The van der Waals surface area contributed by atoms with Gasteiger partial charge in [0.05, 0.1) is 27.8 Å². The van der Waals surface area contributed by atoms with Crippen molar-refractivity contribution in [2.24, 2.45) is 0 Å². The van der Waals surface area contributed by atoms with Gasteiger partial charge in [0.2, 0.25) is 0 Å². The average molecular weight is 573 g/mol. The average Bonchev–Trinajstić information content (AvgIpc) is 3.76. The Bertz CT molecular complexity index is 2560. The summed E-state index contributed by atoms with van der Waals surface area (Å²) in [5.74, 6) is 0. The van der Waals surface area contributed by atoms with Gasteiger partial charge in [0.1, 0.15) is 0 Å². The van der Waals surface area contributed by atoms with E-state index in [0.717, 1.165) is 6.42 Å². The summed E-state index contributed by atoms with van der Waals surface area (Å²) in [7, 11) is 0. The van der Waals surface area contributed by atoms with E-state index in [0.29, 0.717) is 0 Å². The van der Waals surface area contributed by atoms with Crippen molar-refractivity contribution < 1.29 is 0 Å². The Morgan fingerprint density at radius 2 is 1.00 bits per heavy atom. The van der Waals surface area contributed by atoms with Crippen molar-refractivity contribution >= 4 is 43.6 Å².